The summed E-state index contributed by atoms with van der Waals surface area (Å²) in [7, 11) is 0. The molecule has 0 fully saturated rings. The number of rotatable bonds is 6. The van der Waals surface area contributed by atoms with Gasteiger partial charge < -0.3 is 16.8 Å². The van der Waals surface area contributed by atoms with Crippen molar-refractivity contribution >= 4 is 27.5 Å². The first-order valence-corrected chi connectivity index (χ1v) is 7.82. The molecule has 0 saturated heterocycles. The molecule has 0 saturated carbocycles. The first-order valence-electron chi connectivity index (χ1n) is 7.03. The topological polar surface area (TPSA) is 81.1 Å². The van der Waals surface area contributed by atoms with E-state index in [9.17, 15) is 4.79 Å². The maximum atomic E-state index is 11.3. The molecule has 0 bridgehead atoms. The zero-order valence-corrected chi connectivity index (χ0v) is 14.1. The van der Waals surface area contributed by atoms with Crippen LogP contribution in [-0.4, -0.2) is 11.4 Å². The largest absolute Gasteiger partial charge is 0.381 e. The molecule has 1 atom stereocenters. The molecule has 0 aromatic heterocycles. The highest BCUT2D eigenvalue weighted by molar-refractivity contribution is 9.10. The predicted octanol–water partition coefficient (Wildman–Crippen LogP) is 2.81. The Morgan fingerprint density at radius 3 is 2.45 bits per heavy atom. The van der Waals surface area contributed by atoms with Gasteiger partial charge in [0.25, 0.3) is 0 Å². The summed E-state index contributed by atoms with van der Waals surface area (Å²) in [4.78, 5) is 11.3. The Kier molecular flexibility index (Phi) is 5.21. The highest BCUT2D eigenvalue weighted by Crippen LogP contribution is 2.16. The number of nitrogens with one attached hydrogen (secondary N) is 1. The van der Waals surface area contributed by atoms with E-state index in [0.717, 1.165) is 22.3 Å². The summed E-state index contributed by atoms with van der Waals surface area (Å²) in [5.74, 6) is -0.496. The first-order chi connectivity index (χ1) is 10.4. The molecule has 0 spiro atoms. The van der Waals surface area contributed by atoms with E-state index in [1.807, 2.05) is 36.4 Å². The summed E-state index contributed by atoms with van der Waals surface area (Å²) in [5.41, 5.74) is 13.3. The summed E-state index contributed by atoms with van der Waals surface area (Å²) in [6, 6.07) is 16.0. The maximum absolute atomic E-state index is 11.3. The molecule has 0 aliphatic rings. The molecule has 1 amide bonds. The number of hydrogen-bond acceptors (Lipinski definition) is 3. The van der Waals surface area contributed by atoms with Gasteiger partial charge in [0.05, 0.1) is 5.54 Å². The molecule has 2 aromatic rings. The number of hydrogen-bond donors (Lipinski definition) is 3. The minimum Gasteiger partial charge on any atom is -0.381 e. The molecule has 5 heteroatoms. The fourth-order valence-corrected chi connectivity index (χ4v) is 2.55. The summed E-state index contributed by atoms with van der Waals surface area (Å²) in [6.45, 7) is 2.39. The lowest BCUT2D eigenvalue weighted by molar-refractivity contribution is -0.122. The lowest BCUT2D eigenvalue weighted by atomic mass is 9.93. The maximum Gasteiger partial charge on any atom is 0.237 e. The molecule has 116 valence electrons. The van der Waals surface area contributed by atoms with Crippen molar-refractivity contribution in [2.75, 3.05) is 5.32 Å². The van der Waals surface area contributed by atoms with Crippen LogP contribution in [0.4, 0.5) is 5.69 Å². The number of halogens is 1. The lowest BCUT2D eigenvalue weighted by Crippen LogP contribution is -2.51. The van der Waals surface area contributed by atoms with Crippen molar-refractivity contribution in [1.82, 2.24) is 0 Å². The second-order valence-electron chi connectivity index (χ2n) is 5.64. The Bertz CT molecular complexity index is 653. The van der Waals surface area contributed by atoms with Crippen LogP contribution in [0.25, 0.3) is 0 Å². The van der Waals surface area contributed by atoms with Gasteiger partial charge in [0, 0.05) is 16.7 Å². The van der Waals surface area contributed by atoms with E-state index in [1.165, 1.54) is 5.56 Å². The zero-order valence-electron chi connectivity index (χ0n) is 12.5. The van der Waals surface area contributed by atoms with Crippen LogP contribution < -0.4 is 16.8 Å². The standard InChI is InChI=1S/C17H20BrN3O/c1-17(20,16(19)22)10-12-5-7-15(8-6-12)21-11-13-3-2-4-14(18)9-13/h2-9,21H,10-11,20H2,1H3,(H2,19,22). The third kappa shape index (κ3) is 4.58. The monoisotopic (exact) mass is 361 g/mol. The van der Waals surface area contributed by atoms with Crippen molar-refractivity contribution in [2.24, 2.45) is 11.5 Å². The second kappa shape index (κ2) is 6.94. The van der Waals surface area contributed by atoms with Gasteiger partial charge in [-0.15, -0.1) is 0 Å². The van der Waals surface area contributed by atoms with Gasteiger partial charge in [-0.1, -0.05) is 40.2 Å². The Morgan fingerprint density at radius 1 is 1.18 bits per heavy atom. The van der Waals surface area contributed by atoms with Crippen LogP contribution >= 0.6 is 15.9 Å². The predicted molar refractivity (Wildman–Crippen MR) is 93.4 cm³/mol. The molecule has 4 nitrogen and oxygen atoms in total. The van der Waals surface area contributed by atoms with Crippen molar-refractivity contribution in [3.05, 3.63) is 64.1 Å². The summed E-state index contributed by atoms with van der Waals surface area (Å²) in [5, 5.41) is 3.36. The number of nitrogens with two attached hydrogens (primary N) is 2. The van der Waals surface area contributed by atoms with Gasteiger partial charge in [-0.3, -0.25) is 4.79 Å². The molecule has 2 aromatic carbocycles. The van der Waals surface area contributed by atoms with Crippen molar-refractivity contribution in [3.8, 4) is 0 Å². The molecule has 0 radical (unpaired) electrons. The number of primary amides is 1. The summed E-state index contributed by atoms with van der Waals surface area (Å²) >= 11 is 3.46. The Balaban J connectivity index is 1.96. The fourth-order valence-electron chi connectivity index (χ4n) is 2.10. The lowest BCUT2D eigenvalue weighted by Gasteiger charge is -2.20. The van der Waals surface area contributed by atoms with Crippen LogP contribution in [0.1, 0.15) is 18.1 Å². The van der Waals surface area contributed by atoms with Crippen LogP contribution in [0.5, 0.6) is 0 Å². The van der Waals surface area contributed by atoms with E-state index in [1.54, 1.807) is 6.92 Å². The SMILES string of the molecule is CC(N)(Cc1ccc(NCc2cccc(Br)c2)cc1)C(N)=O. The number of anilines is 1. The van der Waals surface area contributed by atoms with Crippen molar-refractivity contribution in [1.29, 1.82) is 0 Å². The van der Waals surface area contributed by atoms with Crippen LogP contribution in [0.3, 0.4) is 0 Å². The summed E-state index contributed by atoms with van der Waals surface area (Å²) < 4.78 is 1.07. The second-order valence-corrected chi connectivity index (χ2v) is 6.55. The number of amides is 1. The van der Waals surface area contributed by atoms with Crippen LogP contribution in [-0.2, 0) is 17.8 Å². The van der Waals surface area contributed by atoms with E-state index in [-0.39, 0.29) is 0 Å². The van der Waals surface area contributed by atoms with Gasteiger partial charge in [-0.25, -0.2) is 0 Å². The quantitative estimate of drug-likeness (QED) is 0.739. The summed E-state index contributed by atoms with van der Waals surface area (Å²) in [6.07, 6.45) is 0.425. The van der Waals surface area contributed by atoms with Gasteiger partial charge in [0.15, 0.2) is 0 Å². The van der Waals surface area contributed by atoms with Gasteiger partial charge in [0.1, 0.15) is 0 Å². The highest BCUT2D eigenvalue weighted by atomic mass is 79.9. The number of benzene rings is 2. The van der Waals surface area contributed by atoms with Crippen LogP contribution in [0.2, 0.25) is 0 Å². The molecule has 0 heterocycles. The first kappa shape index (κ1) is 16.5. The third-order valence-electron chi connectivity index (χ3n) is 3.47. The van der Waals surface area contributed by atoms with Gasteiger partial charge in [-0.2, -0.15) is 0 Å². The Morgan fingerprint density at radius 2 is 1.86 bits per heavy atom. The van der Waals surface area contributed by atoms with E-state index >= 15 is 0 Å². The van der Waals surface area contributed by atoms with E-state index in [0.29, 0.717) is 6.42 Å². The highest BCUT2D eigenvalue weighted by Gasteiger charge is 2.25. The molecule has 2 rings (SSSR count). The molecule has 0 aliphatic carbocycles. The minimum absolute atomic E-state index is 0.425. The molecule has 22 heavy (non-hydrogen) atoms. The molecule has 1 unspecified atom stereocenters. The van der Waals surface area contributed by atoms with Gasteiger partial charge in [-0.05, 0) is 48.7 Å². The van der Waals surface area contributed by atoms with Gasteiger partial charge in [0.2, 0.25) is 5.91 Å². The van der Waals surface area contributed by atoms with E-state index in [4.69, 9.17) is 11.5 Å². The molecule has 0 aliphatic heterocycles. The fraction of sp³-hybridized carbons (Fsp3) is 0.235. The number of carbonyl (C=O) groups is 1. The van der Waals surface area contributed by atoms with Crippen molar-refractivity contribution in [3.63, 3.8) is 0 Å². The van der Waals surface area contributed by atoms with Crippen molar-refractivity contribution < 1.29 is 4.79 Å². The molecular formula is C17H20BrN3O. The molecule has 5 N–H and O–H groups in total. The zero-order chi connectivity index (χ0) is 16.2. The average Bonchev–Trinajstić information content (AvgIpc) is 2.46. The Labute approximate surface area is 139 Å². The molecular weight excluding hydrogens is 342 g/mol. The average molecular weight is 362 g/mol. The van der Waals surface area contributed by atoms with Crippen molar-refractivity contribution in [2.45, 2.75) is 25.4 Å². The normalized spacial score (nSPS) is 13.4. The Hall–Kier alpha value is -1.85. The minimum atomic E-state index is -1.02. The van der Waals surface area contributed by atoms with Crippen LogP contribution in [0, 0.1) is 0 Å². The van der Waals surface area contributed by atoms with Gasteiger partial charge >= 0.3 is 0 Å². The third-order valence-corrected chi connectivity index (χ3v) is 3.97. The van der Waals surface area contributed by atoms with E-state index in [2.05, 4.69) is 33.4 Å². The van der Waals surface area contributed by atoms with E-state index < -0.39 is 11.4 Å². The van der Waals surface area contributed by atoms with Crippen LogP contribution in [0.15, 0.2) is 53.0 Å². The number of carbonyl (C=O) groups excluding carboxylic acids is 1. The smallest absolute Gasteiger partial charge is 0.237 e.